The first kappa shape index (κ1) is 15.5. The first-order valence-corrected chi connectivity index (χ1v) is 7.80. The summed E-state index contributed by atoms with van der Waals surface area (Å²) >= 11 is -1.83. The number of sulfonamides is 1. The lowest BCUT2D eigenvalue weighted by Gasteiger charge is -1.93. The van der Waals surface area contributed by atoms with Crippen molar-refractivity contribution >= 4 is 21.1 Å². The van der Waals surface area contributed by atoms with Crippen LogP contribution in [0.5, 0.6) is 0 Å². The van der Waals surface area contributed by atoms with Gasteiger partial charge in [0.15, 0.2) is 11.1 Å². The highest BCUT2D eigenvalue weighted by molar-refractivity contribution is 7.89. The summed E-state index contributed by atoms with van der Waals surface area (Å²) in [6.07, 6.45) is 0. The predicted octanol–water partition coefficient (Wildman–Crippen LogP) is 1.60. The molecule has 1 atom stereocenters. The Morgan fingerprint density at radius 3 is 1.58 bits per heavy atom. The largest absolute Gasteiger partial charge is 0.302 e. The van der Waals surface area contributed by atoms with Crippen molar-refractivity contribution in [1.29, 1.82) is 0 Å². The molecule has 2 rings (SSSR count). The highest BCUT2D eigenvalue weighted by Gasteiger charge is 2.03. The van der Waals surface area contributed by atoms with Gasteiger partial charge in [-0.15, -0.1) is 0 Å². The van der Waals surface area contributed by atoms with Crippen molar-refractivity contribution in [3.8, 4) is 0 Å². The van der Waals surface area contributed by atoms with E-state index in [1.165, 1.54) is 12.1 Å². The van der Waals surface area contributed by atoms with Crippen molar-refractivity contribution in [2.75, 3.05) is 0 Å². The van der Waals surface area contributed by atoms with Crippen LogP contribution in [0.1, 0.15) is 0 Å². The van der Waals surface area contributed by atoms with Crippen LogP contribution in [-0.2, 0) is 21.1 Å². The molecule has 0 aliphatic rings. The minimum Gasteiger partial charge on any atom is -0.302 e. The Labute approximate surface area is 114 Å². The number of rotatable bonds is 2. The van der Waals surface area contributed by atoms with Gasteiger partial charge in [0.25, 0.3) is 0 Å². The van der Waals surface area contributed by atoms with Gasteiger partial charge in [0.05, 0.1) is 9.79 Å². The smallest absolute Gasteiger partial charge is 0.238 e. The zero-order chi connectivity index (χ0) is 14.3. The molecule has 0 aliphatic heterocycles. The third-order valence-corrected chi connectivity index (χ3v) is 3.62. The number of benzene rings is 2. The summed E-state index contributed by atoms with van der Waals surface area (Å²) in [4.78, 5) is 0.590. The van der Waals surface area contributed by atoms with Crippen LogP contribution in [0.4, 0.5) is 0 Å². The maximum absolute atomic E-state index is 10.6. The van der Waals surface area contributed by atoms with Gasteiger partial charge in [-0.05, 0) is 24.3 Å². The van der Waals surface area contributed by atoms with E-state index in [-0.39, 0.29) is 4.90 Å². The highest BCUT2D eigenvalue weighted by Crippen LogP contribution is 2.03. The summed E-state index contributed by atoms with van der Waals surface area (Å²) in [7, 11) is -3.50. The Balaban J connectivity index is 0.000000191. The summed E-state index contributed by atoms with van der Waals surface area (Å²) in [6, 6.07) is 16.4. The van der Waals surface area contributed by atoms with E-state index >= 15 is 0 Å². The molecule has 0 amide bonds. The van der Waals surface area contributed by atoms with E-state index < -0.39 is 21.1 Å². The van der Waals surface area contributed by atoms with E-state index in [2.05, 4.69) is 0 Å². The zero-order valence-electron chi connectivity index (χ0n) is 9.84. The molecule has 7 heteroatoms. The number of hydrogen-bond acceptors (Lipinski definition) is 3. The van der Waals surface area contributed by atoms with Gasteiger partial charge in [-0.2, -0.15) is 0 Å². The second-order valence-corrected chi connectivity index (χ2v) is 5.95. The van der Waals surface area contributed by atoms with Crippen molar-refractivity contribution < 1.29 is 17.2 Å². The molecule has 0 saturated heterocycles. The van der Waals surface area contributed by atoms with Gasteiger partial charge in [0.1, 0.15) is 0 Å². The molecule has 3 N–H and O–H groups in total. The maximum Gasteiger partial charge on any atom is 0.238 e. The second-order valence-electron chi connectivity index (χ2n) is 3.42. The van der Waals surface area contributed by atoms with Crippen LogP contribution < -0.4 is 5.14 Å². The molecule has 0 radical (unpaired) electrons. The first-order chi connectivity index (χ1) is 8.91. The normalized spacial score (nSPS) is 12.1. The summed E-state index contributed by atoms with van der Waals surface area (Å²) in [5, 5.41) is 4.83. The molecule has 19 heavy (non-hydrogen) atoms. The molecule has 102 valence electrons. The monoisotopic (exact) mass is 299 g/mol. The van der Waals surface area contributed by atoms with Crippen LogP contribution in [0, 0.1) is 0 Å². The zero-order valence-corrected chi connectivity index (χ0v) is 11.5. The number of hydrogen-bond donors (Lipinski definition) is 2. The van der Waals surface area contributed by atoms with Crippen LogP contribution in [0.25, 0.3) is 0 Å². The molecule has 1 unspecified atom stereocenters. The van der Waals surface area contributed by atoms with Gasteiger partial charge >= 0.3 is 0 Å². The van der Waals surface area contributed by atoms with Gasteiger partial charge < -0.3 is 4.55 Å². The molecule has 0 spiro atoms. The molecule has 2 aromatic rings. The predicted molar refractivity (Wildman–Crippen MR) is 73.3 cm³/mol. The van der Waals surface area contributed by atoms with Gasteiger partial charge in [0.2, 0.25) is 10.0 Å². The summed E-state index contributed by atoms with van der Waals surface area (Å²) in [5.74, 6) is 0. The lowest BCUT2D eigenvalue weighted by atomic mass is 10.4. The van der Waals surface area contributed by atoms with Gasteiger partial charge in [-0.1, -0.05) is 36.4 Å². The minimum atomic E-state index is -3.50. The van der Waals surface area contributed by atoms with Crippen molar-refractivity contribution in [3.63, 3.8) is 0 Å². The van der Waals surface area contributed by atoms with Gasteiger partial charge in [-0.3, -0.25) is 0 Å². The molecule has 5 nitrogen and oxygen atoms in total. The van der Waals surface area contributed by atoms with E-state index in [0.29, 0.717) is 4.90 Å². The summed E-state index contributed by atoms with van der Waals surface area (Å²) in [5.41, 5.74) is 0. The lowest BCUT2D eigenvalue weighted by molar-refractivity contribution is 0.564. The van der Waals surface area contributed by atoms with Crippen molar-refractivity contribution in [2.45, 2.75) is 9.79 Å². The minimum absolute atomic E-state index is 0.148. The Hall–Kier alpha value is -1.54. The maximum atomic E-state index is 10.6. The Morgan fingerprint density at radius 1 is 0.895 bits per heavy atom. The average molecular weight is 299 g/mol. The number of nitrogens with two attached hydrogens (primary N) is 1. The molecule has 0 saturated carbocycles. The van der Waals surface area contributed by atoms with Crippen LogP contribution in [0.15, 0.2) is 70.5 Å². The Morgan fingerprint density at radius 2 is 1.32 bits per heavy atom. The van der Waals surface area contributed by atoms with E-state index in [4.69, 9.17) is 9.69 Å². The molecular weight excluding hydrogens is 286 g/mol. The summed E-state index contributed by atoms with van der Waals surface area (Å²) in [6.45, 7) is 0. The topological polar surface area (TPSA) is 97.5 Å². The van der Waals surface area contributed by atoms with Gasteiger partial charge in [0, 0.05) is 0 Å². The standard InChI is InChI=1S/C6H7NO2S.C6H6O2S/c7-10(8,9)6-4-2-1-3-5-6;7-9(8)6-4-2-1-3-5-6/h1-5H,(H2,7,8,9);1-5H,(H,7,8). The van der Waals surface area contributed by atoms with Crippen molar-refractivity contribution in [2.24, 2.45) is 5.14 Å². The van der Waals surface area contributed by atoms with E-state index in [1.54, 1.807) is 48.5 Å². The van der Waals surface area contributed by atoms with Crippen LogP contribution >= 0.6 is 0 Å². The van der Waals surface area contributed by atoms with Gasteiger partial charge in [-0.25, -0.2) is 17.8 Å². The Kier molecular flexibility index (Phi) is 5.84. The number of primary sulfonamides is 1. The fourth-order valence-corrected chi connectivity index (χ4v) is 2.07. The third-order valence-electron chi connectivity index (χ3n) is 2.02. The van der Waals surface area contributed by atoms with E-state index in [1.807, 2.05) is 0 Å². The van der Waals surface area contributed by atoms with Crippen LogP contribution in [0.3, 0.4) is 0 Å². The lowest BCUT2D eigenvalue weighted by Crippen LogP contribution is -2.11. The van der Waals surface area contributed by atoms with Crippen molar-refractivity contribution in [3.05, 3.63) is 60.7 Å². The van der Waals surface area contributed by atoms with Crippen LogP contribution in [-0.4, -0.2) is 17.2 Å². The molecule has 0 bridgehead atoms. The first-order valence-electron chi connectivity index (χ1n) is 5.15. The molecule has 0 aliphatic carbocycles. The molecule has 0 aromatic heterocycles. The molecule has 2 aromatic carbocycles. The van der Waals surface area contributed by atoms with E-state index in [9.17, 15) is 12.6 Å². The fraction of sp³-hybridized carbons (Fsp3) is 0. The average Bonchev–Trinajstić information content (AvgIpc) is 2.40. The third kappa shape index (κ3) is 5.75. The van der Waals surface area contributed by atoms with Crippen LogP contribution in [0.2, 0.25) is 0 Å². The fourth-order valence-electron chi connectivity index (χ4n) is 1.15. The van der Waals surface area contributed by atoms with Crippen molar-refractivity contribution in [1.82, 2.24) is 0 Å². The molecule has 0 fully saturated rings. The Bertz CT molecular complexity index is 627. The highest BCUT2D eigenvalue weighted by atomic mass is 32.2. The molecule has 0 heterocycles. The molecular formula is C12H13NO4S2. The SMILES string of the molecule is NS(=O)(=O)c1ccccc1.O=S(O)c1ccccc1. The second kappa shape index (κ2) is 7.15. The van der Waals surface area contributed by atoms with E-state index in [0.717, 1.165) is 0 Å². The summed E-state index contributed by atoms with van der Waals surface area (Å²) < 4.78 is 40.0. The quantitative estimate of drug-likeness (QED) is 0.823.